The molecule has 0 spiro atoms. The van der Waals surface area contributed by atoms with Crippen molar-refractivity contribution in [2.45, 2.75) is 4.90 Å². The fraction of sp³-hybridized carbons (Fsp3) is 0. The Kier molecular flexibility index (Phi) is 4.99. The first-order valence-electron chi connectivity index (χ1n) is 6.16. The van der Waals surface area contributed by atoms with Gasteiger partial charge in [-0.15, -0.1) is 0 Å². The molecule has 5 nitrogen and oxygen atoms in total. The molecule has 0 aliphatic rings. The summed E-state index contributed by atoms with van der Waals surface area (Å²) in [6.07, 6.45) is 2.29. The van der Waals surface area contributed by atoms with Crippen molar-refractivity contribution in [3.05, 3.63) is 64.6 Å². The number of aliphatic carboxylic acids is 1. The molecule has 0 atom stereocenters. The molecular formula is C15H12BrNO4S. The quantitative estimate of drug-likeness (QED) is 0.777. The van der Waals surface area contributed by atoms with Gasteiger partial charge in [-0.25, -0.2) is 13.2 Å². The molecule has 7 heteroatoms. The zero-order valence-corrected chi connectivity index (χ0v) is 13.6. The van der Waals surface area contributed by atoms with E-state index in [1.165, 1.54) is 18.2 Å². The van der Waals surface area contributed by atoms with E-state index < -0.39 is 16.0 Å². The van der Waals surface area contributed by atoms with Crippen molar-refractivity contribution in [1.29, 1.82) is 0 Å². The summed E-state index contributed by atoms with van der Waals surface area (Å²) in [4.78, 5) is 10.6. The van der Waals surface area contributed by atoms with Gasteiger partial charge in [-0.1, -0.05) is 28.1 Å². The van der Waals surface area contributed by atoms with Crippen LogP contribution in [0.3, 0.4) is 0 Å². The fourth-order valence-electron chi connectivity index (χ4n) is 1.68. The summed E-state index contributed by atoms with van der Waals surface area (Å²) in [6.45, 7) is 0. The molecule has 0 fully saturated rings. The van der Waals surface area contributed by atoms with Crippen LogP contribution in [0.25, 0.3) is 6.08 Å². The minimum atomic E-state index is -3.73. The number of anilines is 1. The summed E-state index contributed by atoms with van der Waals surface area (Å²) < 4.78 is 27.9. The molecule has 0 aromatic heterocycles. The van der Waals surface area contributed by atoms with E-state index in [0.717, 1.165) is 10.5 Å². The largest absolute Gasteiger partial charge is 0.478 e. The molecule has 0 heterocycles. The topological polar surface area (TPSA) is 83.5 Å². The highest BCUT2D eigenvalue weighted by Gasteiger charge is 2.14. The third-order valence-corrected chi connectivity index (χ3v) is 4.59. The first-order chi connectivity index (χ1) is 10.4. The van der Waals surface area contributed by atoms with Gasteiger partial charge >= 0.3 is 5.97 Å². The summed E-state index contributed by atoms with van der Waals surface area (Å²) >= 11 is 3.28. The summed E-state index contributed by atoms with van der Waals surface area (Å²) in [5.74, 6) is -1.10. The molecule has 0 saturated heterocycles. The van der Waals surface area contributed by atoms with Crippen molar-refractivity contribution in [2.24, 2.45) is 0 Å². The number of hydrogen-bond acceptors (Lipinski definition) is 3. The minimum absolute atomic E-state index is 0.0583. The van der Waals surface area contributed by atoms with Crippen LogP contribution in [0.15, 0.2) is 64.0 Å². The van der Waals surface area contributed by atoms with Crippen LogP contribution in [-0.2, 0) is 14.8 Å². The van der Waals surface area contributed by atoms with Gasteiger partial charge in [0.1, 0.15) is 0 Å². The Morgan fingerprint density at radius 1 is 1.14 bits per heavy atom. The maximum Gasteiger partial charge on any atom is 0.328 e. The van der Waals surface area contributed by atoms with Gasteiger partial charge in [-0.05, 0) is 48.0 Å². The Bertz CT molecular complexity index is 814. The number of carbonyl (C=O) groups is 1. The van der Waals surface area contributed by atoms with Crippen LogP contribution < -0.4 is 4.72 Å². The SMILES string of the molecule is O=C(O)/C=C/c1cccc(S(=O)(=O)Nc2ccc(Br)cc2)c1. The molecule has 2 aromatic rings. The third kappa shape index (κ3) is 4.44. The minimum Gasteiger partial charge on any atom is -0.478 e. The molecule has 0 bridgehead atoms. The van der Waals surface area contributed by atoms with Crippen molar-refractivity contribution in [1.82, 2.24) is 0 Å². The van der Waals surface area contributed by atoms with E-state index in [9.17, 15) is 13.2 Å². The van der Waals surface area contributed by atoms with Crippen LogP contribution in [0.1, 0.15) is 5.56 Å². The standard InChI is InChI=1S/C15H12BrNO4S/c16-12-5-7-13(8-6-12)17-22(20,21)14-3-1-2-11(10-14)4-9-15(18)19/h1-10,17H,(H,18,19)/b9-4+. The lowest BCUT2D eigenvalue weighted by atomic mass is 10.2. The van der Waals surface area contributed by atoms with Gasteiger partial charge in [0.25, 0.3) is 10.0 Å². The molecule has 0 unspecified atom stereocenters. The summed E-state index contributed by atoms with van der Waals surface area (Å²) in [5, 5.41) is 8.60. The lowest BCUT2D eigenvalue weighted by Crippen LogP contribution is -2.12. The monoisotopic (exact) mass is 381 g/mol. The van der Waals surface area contributed by atoms with Gasteiger partial charge in [0.15, 0.2) is 0 Å². The molecular weight excluding hydrogens is 370 g/mol. The van der Waals surface area contributed by atoms with E-state index in [1.54, 1.807) is 36.4 Å². The number of halogens is 1. The Morgan fingerprint density at radius 2 is 1.82 bits per heavy atom. The van der Waals surface area contributed by atoms with Crippen LogP contribution in [-0.4, -0.2) is 19.5 Å². The molecule has 0 radical (unpaired) electrons. The Balaban J connectivity index is 2.27. The van der Waals surface area contributed by atoms with Crippen molar-refractivity contribution in [3.63, 3.8) is 0 Å². The Morgan fingerprint density at radius 3 is 2.45 bits per heavy atom. The highest BCUT2D eigenvalue weighted by atomic mass is 79.9. The predicted octanol–water partition coefficient (Wildman–Crippen LogP) is 3.35. The van der Waals surface area contributed by atoms with Crippen molar-refractivity contribution < 1.29 is 18.3 Å². The van der Waals surface area contributed by atoms with Gasteiger partial charge in [-0.2, -0.15) is 0 Å². The number of hydrogen-bond donors (Lipinski definition) is 2. The second-order valence-corrected chi connectivity index (χ2v) is 6.95. The van der Waals surface area contributed by atoms with E-state index >= 15 is 0 Å². The number of carboxylic acids is 1. The van der Waals surface area contributed by atoms with Gasteiger partial charge < -0.3 is 5.11 Å². The normalized spacial score (nSPS) is 11.5. The maximum atomic E-state index is 12.3. The number of nitrogens with one attached hydrogen (secondary N) is 1. The highest BCUT2D eigenvalue weighted by Crippen LogP contribution is 2.19. The smallest absolute Gasteiger partial charge is 0.328 e. The lowest BCUT2D eigenvalue weighted by molar-refractivity contribution is -0.131. The van der Waals surface area contributed by atoms with E-state index in [1.807, 2.05) is 0 Å². The zero-order valence-electron chi connectivity index (χ0n) is 11.2. The molecule has 2 N–H and O–H groups in total. The number of carboxylic acid groups (broad SMARTS) is 1. The zero-order chi connectivity index (χ0) is 16.2. The van der Waals surface area contributed by atoms with Crippen molar-refractivity contribution in [3.8, 4) is 0 Å². The van der Waals surface area contributed by atoms with Crippen LogP contribution in [0.5, 0.6) is 0 Å². The molecule has 2 rings (SSSR count). The molecule has 0 aliphatic carbocycles. The van der Waals surface area contributed by atoms with Gasteiger partial charge in [0, 0.05) is 16.2 Å². The van der Waals surface area contributed by atoms with Gasteiger partial charge in [-0.3, -0.25) is 4.72 Å². The summed E-state index contributed by atoms with van der Waals surface area (Å²) in [5.41, 5.74) is 0.927. The number of benzene rings is 2. The average molecular weight is 382 g/mol. The van der Waals surface area contributed by atoms with Crippen molar-refractivity contribution in [2.75, 3.05) is 4.72 Å². The molecule has 0 amide bonds. The van der Waals surface area contributed by atoms with Crippen LogP contribution in [0.2, 0.25) is 0 Å². The van der Waals surface area contributed by atoms with Crippen LogP contribution in [0.4, 0.5) is 5.69 Å². The lowest BCUT2D eigenvalue weighted by Gasteiger charge is -2.08. The van der Waals surface area contributed by atoms with E-state index in [2.05, 4.69) is 20.7 Å². The Labute approximate surface area is 136 Å². The number of rotatable bonds is 5. The summed E-state index contributed by atoms with van der Waals surface area (Å²) in [6, 6.07) is 12.7. The van der Waals surface area contributed by atoms with Crippen LogP contribution in [0, 0.1) is 0 Å². The second kappa shape index (κ2) is 6.76. The van der Waals surface area contributed by atoms with Gasteiger partial charge in [0.2, 0.25) is 0 Å². The fourth-order valence-corrected chi connectivity index (χ4v) is 3.06. The second-order valence-electron chi connectivity index (χ2n) is 4.36. The molecule has 114 valence electrons. The van der Waals surface area contributed by atoms with Crippen LogP contribution >= 0.6 is 15.9 Å². The maximum absolute atomic E-state index is 12.3. The molecule has 0 aliphatic heterocycles. The first-order valence-corrected chi connectivity index (χ1v) is 8.44. The summed E-state index contributed by atoms with van der Waals surface area (Å²) in [7, 11) is -3.73. The average Bonchev–Trinajstić information content (AvgIpc) is 2.48. The third-order valence-electron chi connectivity index (χ3n) is 2.68. The van der Waals surface area contributed by atoms with E-state index in [-0.39, 0.29) is 4.90 Å². The first kappa shape index (κ1) is 16.3. The number of sulfonamides is 1. The molecule has 2 aromatic carbocycles. The van der Waals surface area contributed by atoms with Gasteiger partial charge in [0.05, 0.1) is 4.90 Å². The van der Waals surface area contributed by atoms with E-state index in [4.69, 9.17) is 5.11 Å². The van der Waals surface area contributed by atoms with E-state index in [0.29, 0.717) is 11.3 Å². The Hall–Kier alpha value is -2.12. The highest BCUT2D eigenvalue weighted by molar-refractivity contribution is 9.10. The molecule has 0 saturated carbocycles. The predicted molar refractivity (Wildman–Crippen MR) is 88.1 cm³/mol. The van der Waals surface area contributed by atoms with Crippen molar-refractivity contribution >= 4 is 43.7 Å². The molecule has 22 heavy (non-hydrogen) atoms.